The van der Waals surface area contributed by atoms with E-state index in [1.807, 2.05) is 45.9 Å². The van der Waals surface area contributed by atoms with Crippen molar-refractivity contribution in [1.82, 2.24) is 0 Å². The quantitative estimate of drug-likeness (QED) is 0.529. The lowest BCUT2D eigenvalue weighted by molar-refractivity contribution is -0.117. The highest BCUT2D eigenvalue weighted by molar-refractivity contribution is 7.15. The van der Waals surface area contributed by atoms with Crippen LogP contribution in [0.3, 0.4) is 0 Å². The molecule has 0 saturated heterocycles. The molecule has 1 heterocycles. The second-order valence-corrected chi connectivity index (χ2v) is 9.63. The van der Waals surface area contributed by atoms with Crippen molar-refractivity contribution in [2.24, 2.45) is 5.41 Å². The van der Waals surface area contributed by atoms with Gasteiger partial charge in [0.1, 0.15) is 10.7 Å². The Morgan fingerprint density at radius 1 is 1.28 bits per heavy atom. The molecule has 2 N–H and O–H groups in total. The molecule has 0 bridgehead atoms. The van der Waals surface area contributed by atoms with Gasteiger partial charge in [0.2, 0.25) is 0 Å². The van der Waals surface area contributed by atoms with Crippen LogP contribution in [0.4, 0.5) is 5.69 Å². The van der Waals surface area contributed by atoms with Gasteiger partial charge in [-0.1, -0.05) is 29.5 Å². The maximum Gasteiger partial charge on any atom is 0.348 e. The minimum Gasteiger partial charge on any atom is -0.477 e. The van der Waals surface area contributed by atoms with Crippen LogP contribution in [0.15, 0.2) is 24.3 Å². The number of carboxylic acid groups (broad SMARTS) is 1. The number of Topliss-reactive ketones (excluding diaryl/α,β-unsaturated/α-hetero) is 1. The highest BCUT2D eigenvalue weighted by Crippen LogP contribution is 2.30. The molecule has 4 nitrogen and oxygen atoms in total. The number of thiophene rings is 1. The lowest BCUT2D eigenvalue weighted by atomic mass is 9.90. The van der Waals surface area contributed by atoms with E-state index in [2.05, 4.69) is 17.2 Å². The van der Waals surface area contributed by atoms with Crippen molar-refractivity contribution in [2.45, 2.75) is 47.0 Å². The van der Waals surface area contributed by atoms with Gasteiger partial charge >= 0.3 is 5.97 Å². The van der Waals surface area contributed by atoms with Crippen molar-refractivity contribution in [3.8, 4) is 11.8 Å². The predicted octanol–water partition coefficient (Wildman–Crippen LogP) is 5.98. The molecule has 1 aromatic carbocycles. The maximum atomic E-state index is 11.8. The average molecular weight is 432 g/mol. The fraction of sp³-hybridized carbons (Fsp3) is 0.391. The van der Waals surface area contributed by atoms with Crippen molar-refractivity contribution in [2.75, 3.05) is 11.9 Å². The Labute approximate surface area is 181 Å². The third-order valence-electron chi connectivity index (χ3n) is 4.23. The highest BCUT2D eigenvalue weighted by Gasteiger charge is 2.20. The summed E-state index contributed by atoms with van der Waals surface area (Å²) in [6.45, 7) is 9.97. The van der Waals surface area contributed by atoms with E-state index in [0.29, 0.717) is 28.6 Å². The normalized spacial score (nSPS) is 12.1. The van der Waals surface area contributed by atoms with Crippen LogP contribution in [0.5, 0.6) is 0 Å². The van der Waals surface area contributed by atoms with E-state index in [1.54, 1.807) is 13.0 Å². The lowest BCUT2D eigenvalue weighted by Gasteiger charge is -2.20. The van der Waals surface area contributed by atoms with E-state index in [4.69, 9.17) is 11.6 Å². The molecule has 0 fully saturated rings. The summed E-state index contributed by atoms with van der Waals surface area (Å²) in [4.78, 5) is 24.4. The summed E-state index contributed by atoms with van der Waals surface area (Å²) in [7, 11) is 0. The van der Waals surface area contributed by atoms with Crippen molar-refractivity contribution in [3.05, 3.63) is 50.2 Å². The number of hydrogen-bond donors (Lipinski definition) is 2. The number of aryl methyl sites for hydroxylation is 1. The molecule has 0 saturated carbocycles. The molecule has 0 radical (unpaired) electrons. The second-order valence-electron chi connectivity index (χ2n) is 8.14. The summed E-state index contributed by atoms with van der Waals surface area (Å²) in [5.41, 5.74) is 2.39. The van der Waals surface area contributed by atoms with E-state index >= 15 is 0 Å². The summed E-state index contributed by atoms with van der Waals surface area (Å²) in [6, 6.07) is 7.38. The van der Waals surface area contributed by atoms with Gasteiger partial charge in [0, 0.05) is 29.3 Å². The molecule has 2 aromatic rings. The minimum absolute atomic E-state index is 0.0756. The summed E-state index contributed by atoms with van der Waals surface area (Å²) in [5, 5.41) is 13.4. The molecule has 6 heteroatoms. The lowest BCUT2D eigenvalue weighted by Crippen LogP contribution is -2.17. The van der Waals surface area contributed by atoms with Crippen LogP contribution in [0.1, 0.15) is 65.7 Å². The molecule has 0 spiro atoms. The number of nitrogens with one attached hydrogen (secondary N) is 1. The maximum absolute atomic E-state index is 11.8. The van der Waals surface area contributed by atoms with Gasteiger partial charge in [-0.05, 0) is 63.9 Å². The molecular formula is C23H26ClNO3S. The van der Waals surface area contributed by atoms with Crippen molar-refractivity contribution >= 4 is 40.4 Å². The molecule has 29 heavy (non-hydrogen) atoms. The Balaban J connectivity index is 2.30. The van der Waals surface area contributed by atoms with E-state index in [9.17, 15) is 14.7 Å². The number of carbonyl (C=O) groups is 2. The van der Waals surface area contributed by atoms with E-state index < -0.39 is 5.97 Å². The van der Waals surface area contributed by atoms with E-state index in [-0.39, 0.29) is 22.0 Å². The van der Waals surface area contributed by atoms with Gasteiger partial charge in [-0.2, -0.15) is 0 Å². The molecule has 0 aliphatic heterocycles. The van der Waals surface area contributed by atoms with Crippen LogP contribution in [0, 0.1) is 24.2 Å². The molecule has 0 amide bonds. The Morgan fingerprint density at radius 3 is 2.52 bits per heavy atom. The van der Waals surface area contributed by atoms with Gasteiger partial charge < -0.3 is 15.2 Å². The number of hydrogen-bond acceptors (Lipinski definition) is 4. The Bertz CT molecular complexity index is 976. The summed E-state index contributed by atoms with van der Waals surface area (Å²) in [5.74, 6) is 5.19. The standard InChI is InChI=1S/C23H26ClNO3S/c1-14-10-17(24)6-7-19(14)16(11-15(2)26)13-25-20-12-18(8-9-23(3,4)5)29-21(20)22(27)28/h6-7,10,12,16,25H,11,13H2,1-5H3,(H,27,28). The molecule has 154 valence electrons. The second kappa shape index (κ2) is 9.47. The third-order valence-corrected chi connectivity index (χ3v) is 5.51. The SMILES string of the molecule is CC(=O)CC(CNc1cc(C#CC(C)(C)C)sc1C(=O)O)c1ccc(Cl)cc1C. The summed E-state index contributed by atoms with van der Waals surface area (Å²) < 4.78 is 0. The first kappa shape index (κ1) is 23.0. The zero-order valence-electron chi connectivity index (χ0n) is 17.4. The van der Waals surface area contributed by atoms with Crippen LogP contribution in [0.25, 0.3) is 0 Å². The van der Waals surface area contributed by atoms with Crippen LogP contribution in [0.2, 0.25) is 5.02 Å². The van der Waals surface area contributed by atoms with Gasteiger partial charge in [0.05, 0.1) is 10.6 Å². The molecule has 2 rings (SSSR count). The first-order valence-electron chi connectivity index (χ1n) is 9.36. The van der Waals surface area contributed by atoms with Crippen molar-refractivity contribution in [1.29, 1.82) is 0 Å². The number of anilines is 1. The van der Waals surface area contributed by atoms with Gasteiger partial charge in [-0.3, -0.25) is 0 Å². The number of ketones is 1. The number of rotatable bonds is 7. The predicted molar refractivity (Wildman–Crippen MR) is 120 cm³/mol. The van der Waals surface area contributed by atoms with Gasteiger partial charge in [0.15, 0.2) is 0 Å². The van der Waals surface area contributed by atoms with E-state index in [1.165, 1.54) is 0 Å². The fourth-order valence-corrected chi connectivity index (χ4v) is 4.02. The van der Waals surface area contributed by atoms with Gasteiger partial charge in [0.25, 0.3) is 0 Å². The smallest absolute Gasteiger partial charge is 0.348 e. The minimum atomic E-state index is -0.993. The summed E-state index contributed by atoms with van der Waals surface area (Å²) >= 11 is 7.22. The molecule has 1 unspecified atom stereocenters. The largest absolute Gasteiger partial charge is 0.477 e. The van der Waals surface area contributed by atoms with Crippen LogP contribution >= 0.6 is 22.9 Å². The Hall–Kier alpha value is -2.29. The highest BCUT2D eigenvalue weighted by atomic mass is 35.5. The van der Waals surface area contributed by atoms with Crippen molar-refractivity contribution < 1.29 is 14.7 Å². The van der Waals surface area contributed by atoms with Gasteiger partial charge in [-0.25, -0.2) is 4.79 Å². The zero-order chi connectivity index (χ0) is 21.8. The monoisotopic (exact) mass is 431 g/mol. The van der Waals surface area contributed by atoms with E-state index in [0.717, 1.165) is 22.5 Å². The molecule has 0 aliphatic rings. The zero-order valence-corrected chi connectivity index (χ0v) is 18.9. The van der Waals surface area contributed by atoms with Crippen LogP contribution in [-0.4, -0.2) is 23.4 Å². The van der Waals surface area contributed by atoms with Gasteiger partial charge in [-0.15, -0.1) is 11.3 Å². The molecular weight excluding hydrogens is 406 g/mol. The summed E-state index contributed by atoms with van der Waals surface area (Å²) in [6.07, 6.45) is 0.360. The fourth-order valence-electron chi connectivity index (χ4n) is 2.96. The first-order valence-corrected chi connectivity index (χ1v) is 10.6. The van der Waals surface area contributed by atoms with Crippen LogP contribution < -0.4 is 5.32 Å². The molecule has 1 atom stereocenters. The third kappa shape index (κ3) is 6.92. The Kier molecular flexibility index (Phi) is 7.51. The number of benzene rings is 1. The number of carboxylic acids is 1. The number of halogens is 1. The van der Waals surface area contributed by atoms with Crippen LogP contribution in [-0.2, 0) is 4.79 Å². The average Bonchev–Trinajstić information content (AvgIpc) is 3.00. The topological polar surface area (TPSA) is 66.4 Å². The Morgan fingerprint density at radius 2 is 1.97 bits per heavy atom. The number of aromatic carboxylic acids is 1. The molecule has 0 aliphatic carbocycles. The molecule has 1 aromatic heterocycles. The van der Waals surface area contributed by atoms with Crippen molar-refractivity contribution in [3.63, 3.8) is 0 Å². The number of carbonyl (C=O) groups excluding carboxylic acids is 1. The first-order chi connectivity index (χ1) is 13.5.